The summed E-state index contributed by atoms with van der Waals surface area (Å²) in [4.78, 5) is 13.4. The summed E-state index contributed by atoms with van der Waals surface area (Å²) in [5.74, 6) is 0.0397. The number of amides is 1. The number of rotatable bonds is 39. The Bertz CT molecular complexity index is 836. The first-order valence-electron chi connectivity index (χ1n) is 21.7. The van der Waals surface area contributed by atoms with Crippen LogP contribution in [0.25, 0.3) is 0 Å². The van der Waals surface area contributed by atoms with E-state index in [9.17, 15) is 4.79 Å². The monoisotopic (exact) mass is 774 g/mol. The van der Waals surface area contributed by atoms with E-state index in [-0.39, 0.29) is 42.9 Å². The number of nitrogens with one attached hydrogen (secondary N) is 2. The van der Waals surface area contributed by atoms with Crippen LogP contribution in [-0.2, 0) is 20.8 Å². The van der Waals surface area contributed by atoms with E-state index in [4.69, 9.17) is 15.2 Å². The minimum Gasteiger partial charge on any atom is -0.379 e. The van der Waals surface area contributed by atoms with Crippen molar-refractivity contribution in [2.75, 3.05) is 32.9 Å². The first kappa shape index (κ1) is 53.2. The van der Waals surface area contributed by atoms with E-state index < -0.39 is 0 Å². The maximum atomic E-state index is 13.4. The van der Waals surface area contributed by atoms with E-state index >= 15 is 0 Å². The van der Waals surface area contributed by atoms with Gasteiger partial charge >= 0.3 is 0 Å². The number of nitrogens with two attached hydrogens (primary N) is 1. The van der Waals surface area contributed by atoms with E-state index in [0.29, 0.717) is 26.2 Å². The third-order valence-electron chi connectivity index (χ3n) is 9.96. The highest BCUT2D eigenvalue weighted by Gasteiger charge is 2.19. The highest BCUT2D eigenvalue weighted by molar-refractivity contribution is 5.85. The Kier molecular flexibility index (Phi) is 43.8. The Labute approximate surface area is 334 Å². The molecule has 0 fully saturated rings. The van der Waals surface area contributed by atoms with Gasteiger partial charge in [-0.15, -0.1) is 24.8 Å². The summed E-state index contributed by atoms with van der Waals surface area (Å²) in [5.41, 5.74) is 6.93. The minimum absolute atomic E-state index is 0. The van der Waals surface area contributed by atoms with Crippen LogP contribution < -0.4 is 16.4 Å². The van der Waals surface area contributed by atoms with Crippen LogP contribution >= 0.6 is 24.8 Å². The fourth-order valence-electron chi connectivity index (χ4n) is 6.61. The Morgan fingerprint density at radius 3 is 1.56 bits per heavy atom. The van der Waals surface area contributed by atoms with E-state index in [0.717, 1.165) is 45.3 Å². The lowest BCUT2D eigenvalue weighted by molar-refractivity contribution is -0.124. The van der Waals surface area contributed by atoms with Crippen molar-refractivity contribution in [1.82, 2.24) is 10.6 Å². The quantitative estimate of drug-likeness (QED) is 0.0580. The lowest BCUT2D eigenvalue weighted by Gasteiger charge is -2.22. The SMILES string of the molecule is CCCCCCCCCCCCCCOCC(CNC(=O)[C@H](CCCCN)NCc1ccccc1)OCCCCCCCCCCCCCC.Cl.Cl. The fraction of sp³-hybridized carbons (Fsp3) is 0.841. The molecule has 4 N–H and O–H groups in total. The summed E-state index contributed by atoms with van der Waals surface area (Å²) < 4.78 is 12.5. The van der Waals surface area contributed by atoms with Crippen molar-refractivity contribution in [3.8, 4) is 0 Å². The molecule has 308 valence electrons. The Hall–Kier alpha value is -0.890. The third kappa shape index (κ3) is 34.9. The first-order chi connectivity index (χ1) is 24.7. The molecule has 1 aromatic rings. The molecule has 1 rings (SSSR count). The van der Waals surface area contributed by atoms with Gasteiger partial charge in [-0.25, -0.2) is 0 Å². The maximum absolute atomic E-state index is 13.4. The normalized spacial score (nSPS) is 12.2. The molecule has 0 aromatic heterocycles. The number of ether oxygens (including phenoxy) is 2. The molecule has 2 atom stereocenters. The second-order valence-electron chi connectivity index (χ2n) is 14.8. The van der Waals surface area contributed by atoms with Crippen LogP contribution in [0.2, 0.25) is 0 Å². The van der Waals surface area contributed by atoms with E-state index in [1.54, 1.807) is 0 Å². The standard InChI is InChI=1S/C44H83N3O3.2ClH/c1-3-5-7-9-11-13-15-17-19-21-23-30-36-49-40-42(50-37-31-24-22-20-18-16-14-12-10-8-6-4-2)39-47-44(48)43(34-28-29-35-45)46-38-41-32-26-25-27-33-41;;/h25-27,32-33,42-43,46H,3-24,28-31,34-40,45H2,1-2H3,(H,47,48);2*1H/t42?,43-;;/m0../s1. The van der Waals surface area contributed by atoms with Gasteiger partial charge < -0.3 is 25.8 Å². The molecule has 0 aliphatic carbocycles. The molecule has 0 spiro atoms. The van der Waals surface area contributed by atoms with Gasteiger partial charge in [-0.05, 0) is 37.8 Å². The number of halogens is 2. The van der Waals surface area contributed by atoms with Crippen LogP contribution in [0, 0.1) is 0 Å². The number of unbranched alkanes of at least 4 members (excludes halogenated alkanes) is 23. The molecule has 0 aliphatic rings. The second kappa shape index (κ2) is 42.8. The first-order valence-corrected chi connectivity index (χ1v) is 21.7. The van der Waals surface area contributed by atoms with Crippen molar-refractivity contribution in [1.29, 1.82) is 0 Å². The predicted octanol–water partition coefficient (Wildman–Crippen LogP) is 12.0. The zero-order valence-corrected chi connectivity index (χ0v) is 35.6. The minimum atomic E-state index is -0.249. The highest BCUT2D eigenvalue weighted by atomic mass is 35.5. The van der Waals surface area contributed by atoms with Gasteiger partial charge in [0.1, 0.15) is 0 Å². The third-order valence-corrected chi connectivity index (χ3v) is 9.96. The molecule has 52 heavy (non-hydrogen) atoms. The van der Waals surface area contributed by atoms with Gasteiger partial charge in [0, 0.05) is 26.3 Å². The molecule has 1 amide bonds. The molecule has 0 saturated heterocycles. The molecule has 0 radical (unpaired) electrons. The lowest BCUT2D eigenvalue weighted by Crippen LogP contribution is -2.47. The summed E-state index contributed by atoms with van der Waals surface area (Å²) in [6.07, 6.45) is 34.6. The number of carbonyl (C=O) groups excluding carboxylic acids is 1. The summed E-state index contributed by atoms with van der Waals surface area (Å²) >= 11 is 0. The van der Waals surface area contributed by atoms with Gasteiger partial charge in [-0.3, -0.25) is 4.79 Å². The Morgan fingerprint density at radius 1 is 0.615 bits per heavy atom. The van der Waals surface area contributed by atoms with Crippen LogP contribution in [0.4, 0.5) is 0 Å². The van der Waals surface area contributed by atoms with Gasteiger partial charge in [0.2, 0.25) is 5.91 Å². The average Bonchev–Trinajstić information content (AvgIpc) is 3.14. The van der Waals surface area contributed by atoms with E-state index in [1.165, 1.54) is 147 Å². The van der Waals surface area contributed by atoms with Crippen molar-refractivity contribution < 1.29 is 14.3 Å². The molecular weight excluding hydrogens is 689 g/mol. The van der Waals surface area contributed by atoms with Crippen molar-refractivity contribution in [2.24, 2.45) is 5.73 Å². The van der Waals surface area contributed by atoms with Crippen LogP contribution in [0.5, 0.6) is 0 Å². The molecule has 1 aromatic carbocycles. The molecular formula is C44H85Cl2N3O3. The van der Waals surface area contributed by atoms with Crippen molar-refractivity contribution in [3.05, 3.63) is 35.9 Å². The number of carbonyl (C=O) groups is 1. The molecule has 6 nitrogen and oxygen atoms in total. The largest absolute Gasteiger partial charge is 0.379 e. The smallest absolute Gasteiger partial charge is 0.237 e. The van der Waals surface area contributed by atoms with Crippen molar-refractivity contribution in [3.63, 3.8) is 0 Å². The highest BCUT2D eigenvalue weighted by Crippen LogP contribution is 2.14. The lowest BCUT2D eigenvalue weighted by atomic mass is 10.1. The van der Waals surface area contributed by atoms with Gasteiger partial charge in [0.15, 0.2) is 0 Å². The van der Waals surface area contributed by atoms with E-state index in [1.807, 2.05) is 18.2 Å². The Balaban J connectivity index is 0. The van der Waals surface area contributed by atoms with Gasteiger partial charge in [0.05, 0.1) is 18.8 Å². The van der Waals surface area contributed by atoms with Crippen LogP contribution in [0.3, 0.4) is 0 Å². The summed E-state index contributed by atoms with van der Waals surface area (Å²) in [5, 5.41) is 6.69. The molecule has 0 bridgehead atoms. The van der Waals surface area contributed by atoms with E-state index in [2.05, 4.69) is 36.6 Å². The van der Waals surface area contributed by atoms with Crippen molar-refractivity contribution >= 4 is 30.7 Å². The average molecular weight is 775 g/mol. The van der Waals surface area contributed by atoms with Gasteiger partial charge in [-0.2, -0.15) is 0 Å². The van der Waals surface area contributed by atoms with Crippen molar-refractivity contribution in [2.45, 2.75) is 206 Å². The fourth-order valence-corrected chi connectivity index (χ4v) is 6.61. The Morgan fingerprint density at radius 2 is 1.08 bits per heavy atom. The number of benzene rings is 1. The molecule has 8 heteroatoms. The van der Waals surface area contributed by atoms with Crippen LogP contribution in [0.1, 0.15) is 193 Å². The topological polar surface area (TPSA) is 85.6 Å². The second-order valence-corrected chi connectivity index (χ2v) is 14.8. The maximum Gasteiger partial charge on any atom is 0.237 e. The van der Waals surface area contributed by atoms with Gasteiger partial charge in [-0.1, -0.05) is 192 Å². The number of hydrogen-bond donors (Lipinski definition) is 3. The van der Waals surface area contributed by atoms with Gasteiger partial charge in [0.25, 0.3) is 0 Å². The molecule has 0 heterocycles. The van der Waals surface area contributed by atoms with Crippen LogP contribution in [0.15, 0.2) is 30.3 Å². The molecule has 0 saturated carbocycles. The zero-order valence-electron chi connectivity index (χ0n) is 34.0. The zero-order chi connectivity index (χ0) is 36.0. The molecule has 1 unspecified atom stereocenters. The molecule has 0 aliphatic heterocycles. The summed E-state index contributed by atoms with van der Waals surface area (Å²) in [6, 6.07) is 10.0. The predicted molar refractivity (Wildman–Crippen MR) is 230 cm³/mol. The summed E-state index contributed by atoms with van der Waals surface area (Å²) in [6.45, 7) is 8.40. The summed E-state index contributed by atoms with van der Waals surface area (Å²) in [7, 11) is 0. The number of hydrogen-bond acceptors (Lipinski definition) is 5. The van der Waals surface area contributed by atoms with Crippen LogP contribution in [-0.4, -0.2) is 51.0 Å².